The average Bonchev–Trinajstić information content (AvgIpc) is 3.51. The highest BCUT2D eigenvalue weighted by molar-refractivity contribution is 7.85. The highest BCUT2D eigenvalue weighted by Crippen LogP contribution is 2.44. The van der Waals surface area contributed by atoms with E-state index in [0.717, 1.165) is 0 Å². The number of aromatic nitrogens is 4. The van der Waals surface area contributed by atoms with Crippen molar-refractivity contribution in [2.24, 2.45) is 5.92 Å². The third-order valence-electron chi connectivity index (χ3n) is 8.20. The van der Waals surface area contributed by atoms with Gasteiger partial charge in [0.15, 0.2) is 31.8 Å². The van der Waals surface area contributed by atoms with Crippen LogP contribution in [0, 0.1) is 16.0 Å². The van der Waals surface area contributed by atoms with Crippen molar-refractivity contribution in [3.63, 3.8) is 0 Å². The fourth-order valence-electron chi connectivity index (χ4n) is 4.61. The number of ether oxygens (including phenoxy) is 1. The molecule has 0 aliphatic carbocycles. The normalized spacial score (nSPS) is 20.8. The summed E-state index contributed by atoms with van der Waals surface area (Å²) in [5.41, 5.74) is 6.20. The SMILES string of the molecule is C[C@H]1[C@@H](O[Si](C)(C)C(C)(C)C)[C@H](n2cnc3c(N)ncnc32)O[C@@H]1COS(=O)(=O)NC(=O)CCC(=O)c1ccccc1[N+](=O)[O-]. The Labute approximate surface area is 261 Å². The standard InChI is InChI=1S/C27H37N7O9SSi/c1-16-20(13-41-44(39,40)32-21(36)12-11-19(35)17-9-7-8-10-18(17)34(37)38)42-26(23(16)43-45(5,6)27(2,3)4)33-15-31-22-24(28)29-14-30-25(22)33/h7-10,14-16,20,23,26H,11-13H2,1-6H3,(H,32,36)(H2,28,29,30)/t16-,20-,23-,26-/m1/s1. The lowest BCUT2D eigenvalue weighted by Gasteiger charge is -2.40. The molecular formula is C27H37N7O9SSi. The molecule has 1 aliphatic rings. The van der Waals surface area contributed by atoms with Gasteiger partial charge in [0.1, 0.15) is 11.8 Å². The first kappa shape index (κ1) is 34.0. The van der Waals surface area contributed by atoms with E-state index in [0.29, 0.717) is 11.2 Å². The van der Waals surface area contributed by atoms with E-state index < -0.39 is 78.8 Å². The lowest BCUT2D eigenvalue weighted by atomic mass is 10.0. The smallest absolute Gasteiger partial charge is 0.362 e. The van der Waals surface area contributed by atoms with Crippen LogP contribution in [0.25, 0.3) is 11.2 Å². The molecule has 1 aliphatic heterocycles. The number of nitrogen functional groups attached to an aromatic ring is 1. The second kappa shape index (κ2) is 12.9. The van der Waals surface area contributed by atoms with E-state index in [-0.39, 0.29) is 22.3 Å². The first-order chi connectivity index (χ1) is 20.9. The topological polar surface area (TPSA) is 221 Å². The summed E-state index contributed by atoms with van der Waals surface area (Å²) in [7, 11) is -6.96. The Kier molecular flexibility index (Phi) is 9.74. The van der Waals surface area contributed by atoms with Gasteiger partial charge in [0, 0.05) is 24.8 Å². The number of para-hydroxylation sites is 1. The number of amides is 1. The minimum atomic E-state index is -4.60. The maximum atomic E-state index is 12.7. The monoisotopic (exact) mass is 663 g/mol. The summed E-state index contributed by atoms with van der Waals surface area (Å²) in [6.45, 7) is 11.9. The number of carbonyl (C=O) groups excluding carboxylic acids is 2. The highest BCUT2D eigenvalue weighted by Gasteiger charge is 2.50. The molecule has 3 heterocycles. The highest BCUT2D eigenvalue weighted by atomic mass is 32.2. The Morgan fingerprint density at radius 3 is 2.53 bits per heavy atom. The molecule has 0 spiro atoms. The summed E-state index contributed by atoms with van der Waals surface area (Å²) in [6.07, 6.45) is -0.245. The van der Waals surface area contributed by atoms with Gasteiger partial charge in [0.05, 0.1) is 35.6 Å². The van der Waals surface area contributed by atoms with Crippen LogP contribution in [0.1, 0.15) is 57.1 Å². The quantitative estimate of drug-likeness (QED) is 0.123. The molecule has 0 bridgehead atoms. The van der Waals surface area contributed by atoms with Crippen molar-refractivity contribution in [2.45, 2.75) is 77.1 Å². The van der Waals surface area contributed by atoms with Crippen LogP contribution in [0.5, 0.6) is 0 Å². The zero-order valence-electron chi connectivity index (χ0n) is 25.8. The summed E-state index contributed by atoms with van der Waals surface area (Å²) in [5, 5.41) is 11.1. The molecule has 0 unspecified atom stereocenters. The van der Waals surface area contributed by atoms with E-state index in [1.807, 2.05) is 6.92 Å². The van der Waals surface area contributed by atoms with Crippen molar-refractivity contribution in [2.75, 3.05) is 12.3 Å². The number of Topliss-reactive ketones (excluding diaryl/α,β-unsaturated/α-hetero) is 1. The van der Waals surface area contributed by atoms with Crippen LogP contribution in [0.4, 0.5) is 11.5 Å². The third-order valence-corrected chi connectivity index (χ3v) is 13.6. The lowest BCUT2D eigenvalue weighted by molar-refractivity contribution is -0.385. The lowest BCUT2D eigenvalue weighted by Crippen LogP contribution is -2.47. The molecule has 1 aromatic carbocycles. The fraction of sp³-hybridized carbons (Fsp3) is 0.519. The molecular weight excluding hydrogens is 626 g/mol. The van der Waals surface area contributed by atoms with E-state index in [1.54, 1.807) is 9.29 Å². The minimum Gasteiger partial charge on any atom is -0.409 e. The van der Waals surface area contributed by atoms with Gasteiger partial charge in [-0.05, 0) is 24.2 Å². The first-order valence-electron chi connectivity index (χ1n) is 14.1. The largest absolute Gasteiger partial charge is 0.409 e. The van der Waals surface area contributed by atoms with Gasteiger partial charge in [0.2, 0.25) is 5.91 Å². The second-order valence-electron chi connectivity index (χ2n) is 12.3. The molecule has 3 aromatic rings. The molecule has 0 saturated carbocycles. The van der Waals surface area contributed by atoms with E-state index in [2.05, 4.69) is 48.8 Å². The zero-order valence-corrected chi connectivity index (χ0v) is 27.6. The number of rotatable bonds is 12. The van der Waals surface area contributed by atoms with Gasteiger partial charge in [-0.15, -0.1) is 0 Å². The van der Waals surface area contributed by atoms with Crippen LogP contribution in [0.15, 0.2) is 36.9 Å². The van der Waals surface area contributed by atoms with Crippen molar-refractivity contribution in [3.8, 4) is 0 Å². The summed E-state index contributed by atoms with van der Waals surface area (Å²) in [6, 6.07) is 5.30. The van der Waals surface area contributed by atoms with Gasteiger partial charge in [-0.2, -0.15) is 8.42 Å². The number of nitrogens with zero attached hydrogens (tertiary/aromatic N) is 5. The molecule has 3 N–H and O–H groups in total. The molecule has 4 atom stereocenters. The molecule has 2 aromatic heterocycles. The molecule has 18 heteroatoms. The molecule has 16 nitrogen and oxygen atoms in total. The van der Waals surface area contributed by atoms with Crippen LogP contribution in [0.2, 0.25) is 18.1 Å². The average molecular weight is 664 g/mol. The maximum Gasteiger partial charge on any atom is 0.362 e. The summed E-state index contributed by atoms with van der Waals surface area (Å²) in [5.74, 6) is -1.87. The van der Waals surface area contributed by atoms with E-state index in [4.69, 9.17) is 19.1 Å². The second-order valence-corrected chi connectivity index (χ2v) is 18.4. The third kappa shape index (κ3) is 7.52. The van der Waals surface area contributed by atoms with Gasteiger partial charge < -0.3 is 14.9 Å². The maximum absolute atomic E-state index is 12.7. The minimum absolute atomic E-state index is 0.143. The molecule has 0 radical (unpaired) electrons. The molecule has 45 heavy (non-hydrogen) atoms. The van der Waals surface area contributed by atoms with Crippen LogP contribution < -0.4 is 10.5 Å². The number of ketones is 1. The van der Waals surface area contributed by atoms with Crippen LogP contribution in [-0.2, 0) is 28.4 Å². The Morgan fingerprint density at radius 2 is 1.87 bits per heavy atom. The van der Waals surface area contributed by atoms with Crippen molar-refractivity contribution < 1.29 is 36.3 Å². The Morgan fingerprint density at radius 1 is 1.18 bits per heavy atom. The summed E-state index contributed by atoms with van der Waals surface area (Å²) < 4.78 is 47.0. The molecule has 1 amide bonds. The Hall–Kier alpha value is -3.84. The van der Waals surface area contributed by atoms with Gasteiger partial charge >= 0.3 is 10.3 Å². The first-order valence-corrected chi connectivity index (χ1v) is 18.5. The Balaban J connectivity index is 1.45. The van der Waals surface area contributed by atoms with E-state index in [1.165, 1.54) is 36.9 Å². The molecule has 1 fully saturated rings. The van der Waals surface area contributed by atoms with Crippen LogP contribution >= 0.6 is 0 Å². The van der Waals surface area contributed by atoms with Gasteiger partial charge in [-0.1, -0.05) is 39.8 Å². The van der Waals surface area contributed by atoms with Crippen LogP contribution in [0.3, 0.4) is 0 Å². The van der Waals surface area contributed by atoms with Crippen molar-refractivity contribution in [1.29, 1.82) is 0 Å². The predicted molar refractivity (Wildman–Crippen MR) is 165 cm³/mol. The van der Waals surface area contributed by atoms with Crippen molar-refractivity contribution >= 4 is 53.0 Å². The number of nitro groups is 1. The molecule has 4 rings (SSSR count). The number of anilines is 1. The fourth-order valence-corrected chi connectivity index (χ4v) is 6.73. The van der Waals surface area contributed by atoms with Crippen molar-refractivity contribution in [3.05, 3.63) is 52.6 Å². The number of hydrogen-bond donors (Lipinski definition) is 2. The van der Waals surface area contributed by atoms with E-state index >= 15 is 0 Å². The Bertz CT molecular complexity index is 1710. The number of carbonyl (C=O) groups is 2. The number of benzene rings is 1. The zero-order chi connectivity index (χ0) is 33.3. The number of hydrogen-bond acceptors (Lipinski definition) is 13. The van der Waals surface area contributed by atoms with Gasteiger partial charge in [0.25, 0.3) is 5.69 Å². The van der Waals surface area contributed by atoms with Crippen LogP contribution in [-0.4, -0.2) is 71.7 Å². The number of fused-ring (bicyclic) bond motifs is 1. The summed E-state index contributed by atoms with van der Waals surface area (Å²) >= 11 is 0. The number of imidazole rings is 1. The van der Waals surface area contributed by atoms with Crippen molar-refractivity contribution in [1.82, 2.24) is 24.2 Å². The number of nitro benzene ring substituents is 1. The van der Waals surface area contributed by atoms with Gasteiger partial charge in [-0.25, -0.2) is 19.7 Å². The summed E-state index contributed by atoms with van der Waals surface area (Å²) in [4.78, 5) is 48.0. The van der Waals surface area contributed by atoms with E-state index in [9.17, 15) is 28.1 Å². The molecule has 1 saturated heterocycles. The number of nitrogens with one attached hydrogen (secondary N) is 1. The number of nitrogens with two attached hydrogens (primary N) is 1. The molecule has 244 valence electrons. The van der Waals surface area contributed by atoms with Gasteiger partial charge in [-0.3, -0.25) is 28.5 Å². The predicted octanol–water partition coefficient (Wildman–Crippen LogP) is 3.28.